The van der Waals surface area contributed by atoms with Gasteiger partial charge >= 0.3 is 11.9 Å². The monoisotopic (exact) mass is 534 g/mol. The second-order valence-corrected chi connectivity index (χ2v) is 8.64. The Morgan fingerprint density at radius 2 is 1.35 bits per heavy atom. The van der Waals surface area contributed by atoms with Crippen LogP contribution in [0.5, 0.6) is 0 Å². The molecule has 3 N–H and O–H groups in total. The van der Waals surface area contributed by atoms with Crippen LogP contribution in [-0.4, -0.2) is 103 Å². The fraction of sp³-hybridized carbons (Fsp3) is 0.407. The van der Waals surface area contributed by atoms with Crippen molar-refractivity contribution >= 4 is 23.5 Å². The zero-order chi connectivity index (χ0) is 26.9. The normalized spacial score (nSPS) is 15.2. The van der Waals surface area contributed by atoms with E-state index in [9.17, 15) is 9.59 Å². The van der Waals surface area contributed by atoms with Crippen molar-refractivity contribution in [3.63, 3.8) is 0 Å². The standard InChI is InChI=1S/C23H31ClN2O3.C4H4O4/c24-22-8-6-21(7-9-22)23(20-4-2-1-3-5-20)26-12-10-25(11-13-26)14-16-28-18-19-29-17-15-27;5-3(6)1-2-4(7)8/h1-9,23,27H,10-19H2;1-2H,(H,5,6)(H,7,8)/b;2-1+. The molecule has 2 aromatic rings. The average Bonchev–Trinajstić information content (AvgIpc) is 2.90. The largest absolute Gasteiger partial charge is 0.478 e. The van der Waals surface area contributed by atoms with Gasteiger partial charge in [0.25, 0.3) is 0 Å². The minimum Gasteiger partial charge on any atom is -0.478 e. The van der Waals surface area contributed by atoms with Crippen molar-refractivity contribution < 1.29 is 34.4 Å². The van der Waals surface area contributed by atoms with E-state index in [0.717, 1.165) is 37.7 Å². The Bertz CT molecular complexity index is 933. The molecule has 10 heteroatoms. The first-order valence-corrected chi connectivity index (χ1v) is 12.5. The Morgan fingerprint density at radius 1 is 0.811 bits per heavy atom. The molecule has 1 atom stereocenters. The van der Waals surface area contributed by atoms with Crippen LogP contribution in [0.4, 0.5) is 0 Å². The smallest absolute Gasteiger partial charge is 0.328 e. The maximum absolute atomic E-state index is 9.55. The summed E-state index contributed by atoms with van der Waals surface area (Å²) in [6.07, 6.45) is 1.12. The lowest BCUT2D eigenvalue weighted by atomic mass is 9.96. The Morgan fingerprint density at radius 3 is 1.89 bits per heavy atom. The lowest BCUT2D eigenvalue weighted by Crippen LogP contribution is -2.48. The molecule has 2 aromatic carbocycles. The number of benzene rings is 2. The van der Waals surface area contributed by atoms with Gasteiger partial charge in [0, 0.05) is 49.9 Å². The van der Waals surface area contributed by atoms with Crippen LogP contribution in [0.2, 0.25) is 5.02 Å². The molecule has 0 radical (unpaired) electrons. The Balaban J connectivity index is 0.000000521. The third kappa shape index (κ3) is 12.3. The number of carboxylic acid groups (broad SMARTS) is 2. The number of hydrogen-bond acceptors (Lipinski definition) is 7. The van der Waals surface area contributed by atoms with E-state index < -0.39 is 11.9 Å². The van der Waals surface area contributed by atoms with E-state index in [2.05, 4.69) is 52.3 Å². The lowest BCUT2D eigenvalue weighted by Gasteiger charge is -2.39. The summed E-state index contributed by atoms with van der Waals surface area (Å²) in [6, 6.07) is 19.2. The number of halogens is 1. The number of aliphatic hydroxyl groups excluding tert-OH is 1. The first kappa shape index (κ1) is 30.4. The Hall–Kier alpha value is -2.79. The van der Waals surface area contributed by atoms with Crippen LogP contribution in [0.25, 0.3) is 0 Å². The third-order valence-electron chi connectivity index (χ3n) is 5.60. The maximum Gasteiger partial charge on any atom is 0.328 e. The highest BCUT2D eigenvalue weighted by molar-refractivity contribution is 6.30. The van der Waals surface area contributed by atoms with Crippen molar-refractivity contribution in [3.8, 4) is 0 Å². The van der Waals surface area contributed by atoms with Gasteiger partial charge in [0.1, 0.15) is 0 Å². The van der Waals surface area contributed by atoms with Crippen LogP contribution in [0.3, 0.4) is 0 Å². The zero-order valence-electron chi connectivity index (χ0n) is 20.7. The molecule has 0 saturated carbocycles. The van der Waals surface area contributed by atoms with Gasteiger partial charge in [-0.3, -0.25) is 9.80 Å². The third-order valence-corrected chi connectivity index (χ3v) is 5.85. The van der Waals surface area contributed by atoms with Crippen molar-refractivity contribution in [1.29, 1.82) is 0 Å². The number of aliphatic carboxylic acids is 2. The van der Waals surface area contributed by atoms with Crippen molar-refractivity contribution in [1.82, 2.24) is 9.80 Å². The number of ether oxygens (including phenoxy) is 2. The van der Waals surface area contributed by atoms with Crippen molar-refractivity contribution in [3.05, 3.63) is 82.9 Å². The van der Waals surface area contributed by atoms with E-state index in [4.69, 9.17) is 36.4 Å². The van der Waals surface area contributed by atoms with Gasteiger partial charge in [-0.1, -0.05) is 54.1 Å². The molecule has 0 bridgehead atoms. The average molecular weight is 535 g/mol. The van der Waals surface area contributed by atoms with Gasteiger partial charge in [0.2, 0.25) is 0 Å². The highest BCUT2D eigenvalue weighted by Crippen LogP contribution is 2.30. The van der Waals surface area contributed by atoms with E-state index in [1.54, 1.807) is 0 Å². The molecule has 0 amide bonds. The fourth-order valence-corrected chi connectivity index (χ4v) is 3.99. The summed E-state index contributed by atoms with van der Waals surface area (Å²) < 4.78 is 10.8. The van der Waals surface area contributed by atoms with Crippen LogP contribution in [0.15, 0.2) is 66.7 Å². The summed E-state index contributed by atoms with van der Waals surface area (Å²) in [4.78, 5) is 24.1. The molecular weight excluding hydrogens is 500 g/mol. The van der Waals surface area contributed by atoms with Crippen molar-refractivity contribution in [2.45, 2.75) is 6.04 Å². The number of carbonyl (C=O) groups is 2. The molecule has 1 fully saturated rings. The highest BCUT2D eigenvalue weighted by Gasteiger charge is 2.26. The molecule has 1 heterocycles. The quantitative estimate of drug-likeness (QED) is 0.263. The molecule has 1 aliphatic rings. The second-order valence-electron chi connectivity index (χ2n) is 8.20. The molecule has 0 aliphatic carbocycles. The summed E-state index contributed by atoms with van der Waals surface area (Å²) in [5.74, 6) is -2.51. The number of hydrogen-bond donors (Lipinski definition) is 3. The van der Waals surface area contributed by atoms with Crippen molar-refractivity contribution in [2.24, 2.45) is 0 Å². The molecule has 1 aliphatic heterocycles. The van der Waals surface area contributed by atoms with Crippen LogP contribution in [-0.2, 0) is 19.1 Å². The molecule has 9 nitrogen and oxygen atoms in total. The summed E-state index contributed by atoms with van der Waals surface area (Å²) in [5, 5.41) is 25.1. The highest BCUT2D eigenvalue weighted by atomic mass is 35.5. The number of aliphatic hydroxyl groups is 1. The van der Waals surface area contributed by atoms with Gasteiger partial charge in [-0.05, 0) is 23.3 Å². The summed E-state index contributed by atoms with van der Waals surface area (Å²) in [6.45, 7) is 7.28. The minimum atomic E-state index is -1.26. The maximum atomic E-state index is 9.55. The molecule has 3 rings (SSSR count). The first-order chi connectivity index (χ1) is 17.9. The summed E-state index contributed by atoms with van der Waals surface area (Å²) in [7, 11) is 0. The molecule has 0 aromatic heterocycles. The number of nitrogens with zero attached hydrogens (tertiary/aromatic N) is 2. The topological polar surface area (TPSA) is 120 Å². The number of piperazine rings is 1. The SMILES string of the molecule is O=C(O)/C=C/C(=O)O.OCCOCCOCCN1CCN(C(c2ccccc2)c2ccc(Cl)cc2)CC1. The van der Waals surface area contributed by atoms with Gasteiger partial charge in [0.15, 0.2) is 0 Å². The Kier molecular flexibility index (Phi) is 14.5. The predicted octanol–water partition coefficient (Wildman–Crippen LogP) is 2.78. The molecule has 1 saturated heterocycles. The van der Waals surface area contributed by atoms with Gasteiger partial charge in [-0.25, -0.2) is 9.59 Å². The molecule has 0 spiro atoms. The molecular formula is C27H35ClN2O7. The van der Waals surface area contributed by atoms with Gasteiger partial charge in [-0.15, -0.1) is 0 Å². The second kappa shape index (κ2) is 17.6. The van der Waals surface area contributed by atoms with Gasteiger partial charge < -0.3 is 24.8 Å². The van der Waals surface area contributed by atoms with Gasteiger partial charge in [-0.2, -0.15) is 0 Å². The molecule has 202 valence electrons. The van der Waals surface area contributed by atoms with Crippen molar-refractivity contribution in [2.75, 3.05) is 65.8 Å². The summed E-state index contributed by atoms with van der Waals surface area (Å²) in [5.41, 5.74) is 2.59. The van der Waals surface area contributed by atoms with Crippen LogP contribution in [0, 0.1) is 0 Å². The van der Waals surface area contributed by atoms with Crippen LogP contribution in [0.1, 0.15) is 17.2 Å². The van der Waals surface area contributed by atoms with E-state index >= 15 is 0 Å². The molecule has 1 unspecified atom stereocenters. The van der Waals surface area contributed by atoms with E-state index in [-0.39, 0.29) is 12.6 Å². The van der Waals surface area contributed by atoms with Crippen LogP contribution >= 0.6 is 11.6 Å². The fourth-order valence-electron chi connectivity index (χ4n) is 3.86. The lowest BCUT2D eigenvalue weighted by molar-refractivity contribution is -0.134. The van der Waals surface area contributed by atoms with E-state index in [1.165, 1.54) is 11.1 Å². The zero-order valence-corrected chi connectivity index (χ0v) is 21.5. The Labute approximate surface area is 222 Å². The number of rotatable bonds is 13. The summed E-state index contributed by atoms with van der Waals surface area (Å²) >= 11 is 6.11. The van der Waals surface area contributed by atoms with Crippen LogP contribution < -0.4 is 0 Å². The van der Waals surface area contributed by atoms with E-state index in [1.807, 2.05) is 12.1 Å². The predicted molar refractivity (Wildman–Crippen MR) is 141 cm³/mol. The van der Waals surface area contributed by atoms with E-state index in [0.29, 0.717) is 38.6 Å². The minimum absolute atomic E-state index is 0.0598. The molecule has 37 heavy (non-hydrogen) atoms. The van der Waals surface area contributed by atoms with Gasteiger partial charge in [0.05, 0.1) is 39.1 Å². The first-order valence-electron chi connectivity index (χ1n) is 12.1. The number of carboxylic acids is 2.